The maximum absolute atomic E-state index is 12.2. The van der Waals surface area contributed by atoms with Crippen LogP contribution in [0.25, 0.3) is 0 Å². The van der Waals surface area contributed by atoms with Crippen LogP contribution in [0, 0.1) is 0 Å². The number of alkyl halides is 1. The molecule has 1 aromatic carbocycles. The molecule has 2 N–H and O–H groups in total. The zero-order valence-electron chi connectivity index (χ0n) is 17.1. The first-order valence-corrected chi connectivity index (χ1v) is 9.94. The van der Waals surface area contributed by atoms with Gasteiger partial charge in [-0.2, -0.15) is 0 Å². The van der Waals surface area contributed by atoms with Gasteiger partial charge in [0.1, 0.15) is 37.0 Å². The molecule has 3 rings (SSSR count). The average Bonchev–Trinajstić information content (AvgIpc) is 2.73. The summed E-state index contributed by atoms with van der Waals surface area (Å²) >= 11 is 0. The molecule has 1 aliphatic heterocycles. The van der Waals surface area contributed by atoms with Crippen molar-refractivity contribution in [2.75, 3.05) is 56.8 Å². The van der Waals surface area contributed by atoms with Gasteiger partial charge in [-0.25, -0.2) is 14.4 Å². The highest BCUT2D eigenvalue weighted by Crippen LogP contribution is 2.26. The van der Waals surface area contributed by atoms with Crippen LogP contribution in [-0.4, -0.2) is 67.7 Å². The summed E-state index contributed by atoms with van der Waals surface area (Å²) in [7, 11) is 3.89. The van der Waals surface area contributed by atoms with E-state index in [-0.39, 0.29) is 6.61 Å². The second-order valence-electron chi connectivity index (χ2n) is 7.66. The molecule has 29 heavy (non-hydrogen) atoms. The summed E-state index contributed by atoms with van der Waals surface area (Å²) in [4.78, 5) is 12.7. The van der Waals surface area contributed by atoms with Gasteiger partial charge in [0.15, 0.2) is 0 Å². The normalized spacial score (nSPS) is 19.2. The number of anilines is 2. The number of β-amino-alcohol motifs (C(OH)–C–C–N with tert-alkyl or cyclic N) is 1. The number of aliphatic hydroxyl groups is 1. The first-order valence-electron chi connectivity index (χ1n) is 9.94. The van der Waals surface area contributed by atoms with Gasteiger partial charge in [-0.3, -0.25) is 0 Å². The third kappa shape index (κ3) is 6.01. The fourth-order valence-electron chi connectivity index (χ4n) is 3.51. The van der Waals surface area contributed by atoms with Crippen molar-refractivity contribution in [3.63, 3.8) is 0 Å². The Morgan fingerprint density at radius 3 is 2.79 bits per heavy atom. The minimum Gasteiger partial charge on any atom is -0.491 e. The van der Waals surface area contributed by atoms with Crippen LogP contribution >= 0.6 is 0 Å². The van der Waals surface area contributed by atoms with E-state index < -0.39 is 12.3 Å². The maximum atomic E-state index is 12.2. The molecule has 0 amide bonds. The third-order valence-corrected chi connectivity index (χ3v) is 5.03. The van der Waals surface area contributed by atoms with E-state index in [1.54, 1.807) is 6.33 Å². The number of halogens is 1. The van der Waals surface area contributed by atoms with E-state index in [1.807, 2.05) is 49.3 Å². The van der Waals surface area contributed by atoms with Gasteiger partial charge in [-0.1, -0.05) is 12.1 Å². The van der Waals surface area contributed by atoms with Gasteiger partial charge in [-0.05, 0) is 30.5 Å². The first kappa shape index (κ1) is 21.3. The van der Waals surface area contributed by atoms with Crippen LogP contribution in [0.2, 0.25) is 0 Å². The van der Waals surface area contributed by atoms with Crippen molar-refractivity contribution >= 4 is 11.6 Å². The summed E-state index contributed by atoms with van der Waals surface area (Å²) in [5, 5.41) is 14.4. The number of aromatic nitrogens is 2. The van der Waals surface area contributed by atoms with E-state index in [1.165, 1.54) is 0 Å². The van der Waals surface area contributed by atoms with E-state index >= 15 is 0 Å². The van der Waals surface area contributed by atoms with Crippen LogP contribution in [0.15, 0.2) is 36.7 Å². The molecule has 0 aliphatic carbocycles. The van der Waals surface area contributed by atoms with Gasteiger partial charge in [0, 0.05) is 46.3 Å². The highest BCUT2D eigenvalue weighted by Gasteiger charge is 2.33. The lowest BCUT2D eigenvalue weighted by Crippen LogP contribution is -2.53. The Kier molecular flexibility index (Phi) is 7.22. The predicted molar refractivity (Wildman–Crippen MR) is 112 cm³/mol. The summed E-state index contributed by atoms with van der Waals surface area (Å²) in [6.07, 6.45) is 3.22. The summed E-state index contributed by atoms with van der Waals surface area (Å²) in [6, 6.07) is 9.51. The van der Waals surface area contributed by atoms with Crippen molar-refractivity contribution < 1.29 is 14.2 Å². The lowest BCUT2D eigenvalue weighted by atomic mass is 9.92. The Morgan fingerprint density at radius 1 is 1.28 bits per heavy atom. The predicted octanol–water partition coefficient (Wildman–Crippen LogP) is 2.01. The Hall–Kier alpha value is -2.45. The number of ether oxygens (including phenoxy) is 1. The lowest BCUT2D eigenvalue weighted by Gasteiger charge is -2.40. The van der Waals surface area contributed by atoms with Crippen molar-refractivity contribution in [3.05, 3.63) is 42.2 Å². The number of piperidine rings is 1. The third-order valence-electron chi connectivity index (χ3n) is 5.03. The van der Waals surface area contributed by atoms with Crippen LogP contribution in [0.5, 0.6) is 5.75 Å². The van der Waals surface area contributed by atoms with Crippen molar-refractivity contribution in [1.29, 1.82) is 0 Å². The summed E-state index contributed by atoms with van der Waals surface area (Å²) in [6.45, 7) is 2.11. The Balaban J connectivity index is 1.53. The fraction of sp³-hybridized carbons (Fsp3) is 0.524. The first-order chi connectivity index (χ1) is 14.0. The molecule has 0 radical (unpaired) electrons. The lowest BCUT2D eigenvalue weighted by molar-refractivity contribution is 0.0259. The SMILES string of the molecule is CN(C)c1cc(N2CCC[C@](O)(CNCc3ccc(OCCF)cc3)C2)ncn1. The zero-order chi connectivity index (χ0) is 20.7. The van der Waals surface area contributed by atoms with Crippen molar-refractivity contribution in [1.82, 2.24) is 15.3 Å². The molecule has 7 nitrogen and oxygen atoms in total. The molecule has 1 saturated heterocycles. The fourth-order valence-corrected chi connectivity index (χ4v) is 3.51. The summed E-state index contributed by atoms with van der Waals surface area (Å²) in [5.74, 6) is 2.35. The molecular formula is C21H30FN5O2. The molecule has 2 aromatic rings. The van der Waals surface area contributed by atoms with E-state index in [0.717, 1.165) is 36.6 Å². The molecular weight excluding hydrogens is 373 g/mol. The van der Waals surface area contributed by atoms with Crippen molar-refractivity contribution in [3.8, 4) is 5.75 Å². The number of nitrogens with zero attached hydrogens (tertiary/aromatic N) is 4. The van der Waals surface area contributed by atoms with Crippen LogP contribution in [0.1, 0.15) is 18.4 Å². The molecule has 1 aliphatic rings. The Bertz CT molecular complexity index is 774. The van der Waals surface area contributed by atoms with Crippen LogP contribution in [-0.2, 0) is 6.54 Å². The zero-order valence-corrected chi connectivity index (χ0v) is 17.1. The molecule has 1 atom stereocenters. The van der Waals surface area contributed by atoms with Crippen molar-refractivity contribution in [2.45, 2.75) is 25.0 Å². The standard InChI is InChI=1S/C21H30FN5O2/c1-26(2)19-12-20(25-16-24-19)27-10-3-8-21(28,15-27)14-23-13-17-4-6-18(7-5-17)29-11-9-22/h4-7,12,16,23,28H,3,8-11,13-15H2,1-2H3/t21-/m0/s1. The van der Waals surface area contributed by atoms with Crippen molar-refractivity contribution in [2.24, 2.45) is 0 Å². The maximum Gasteiger partial charge on any atom is 0.134 e. The molecule has 0 saturated carbocycles. The quantitative estimate of drug-likeness (QED) is 0.663. The second-order valence-corrected chi connectivity index (χ2v) is 7.66. The molecule has 0 unspecified atom stereocenters. The summed E-state index contributed by atoms with van der Waals surface area (Å²) in [5.41, 5.74) is 0.270. The van der Waals surface area contributed by atoms with Crippen LogP contribution in [0.4, 0.5) is 16.0 Å². The van der Waals surface area contributed by atoms with Gasteiger partial charge in [0.2, 0.25) is 0 Å². The average molecular weight is 404 g/mol. The smallest absolute Gasteiger partial charge is 0.134 e. The minimum absolute atomic E-state index is 0.0729. The monoisotopic (exact) mass is 403 g/mol. The molecule has 158 valence electrons. The van der Waals surface area contributed by atoms with E-state index in [9.17, 15) is 9.50 Å². The highest BCUT2D eigenvalue weighted by atomic mass is 19.1. The van der Waals surface area contributed by atoms with Crippen LogP contribution in [0.3, 0.4) is 0 Å². The number of benzene rings is 1. The summed E-state index contributed by atoms with van der Waals surface area (Å²) < 4.78 is 17.4. The van der Waals surface area contributed by atoms with E-state index in [0.29, 0.717) is 25.4 Å². The van der Waals surface area contributed by atoms with E-state index in [2.05, 4.69) is 20.2 Å². The molecule has 0 spiro atoms. The second kappa shape index (κ2) is 9.84. The van der Waals surface area contributed by atoms with Gasteiger partial charge in [0.25, 0.3) is 0 Å². The van der Waals surface area contributed by atoms with Crippen LogP contribution < -0.4 is 19.9 Å². The van der Waals surface area contributed by atoms with Gasteiger partial charge >= 0.3 is 0 Å². The largest absolute Gasteiger partial charge is 0.491 e. The Morgan fingerprint density at radius 2 is 2.07 bits per heavy atom. The topological polar surface area (TPSA) is 73.8 Å². The molecule has 1 aromatic heterocycles. The van der Waals surface area contributed by atoms with Gasteiger partial charge in [-0.15, -0.1) is 0 Å². The number of nitrogens with one attached hydrogen (secondary N) is 1. The highest BCUT2D eigenvalue weighted by molar-refractivity contribution is 5.49. The number of hydrogen-bond donors (Lipinski definition) is 2. The molecule has 2 heterocycles. The molecule has 1 fully saturated rings. The van der Waals surface area contributed by atoms with Gasteiger partial charge < -0.3 is 25.0 Å². The molecule has 0 bridgehead atoms. The van der Waals surface area contributed by atoms with E-state index in [4.69, 9.17) is 4.74 Å². The number of rotatable bonds is 9. The minimum atomic E-state index is -0.814. The molecule has 8 heteroatoms. The Labute approximate surface area is 171 Å². The number of hydrogen-bond acceptors (Lipinski definition) is 7. The van der Waals surface area contributed by atoms with Gasteiger partial charge in [0.05, 0.1) is 5.60 Å².